The lowest BCUT2D eigenvalue weighted by atomic mass is 9.99. The highest BCUT2D eigenvalue weighted by Crippen LogP contribution is 2.28. The van der Waals surface area contributed by atoms with Crippen molar-refractivity contribution in [3.05, 3.63) is 29.8 Å². The zero-order valence-corrected chi connectivity index (χ0v) is 11.7. The van der Waals surface area contributed by atoms with E-state index in [9.17, 15) is 23.5 Å². The first-order valence-electron chi connectivity index (χ1n) is 6.13. The molecular weight excluding hydrogens is 304 g/mol. The standard InChI is InChI=1S/C13H13F2NO4S/c14-8-1-2-10(9(15)5-8)20-6-11(17)16-13(12(18)19)3-4-21-7-13/h1-2,5H,3-4,6-7H2,(H,16,17)(H,18,19)/t13-/m0/s1. The molecule has 2 rings (SSSR count). The number of benzene rings is 1. The maximum atomic E-state index is 13.3. The Hall–Kier alpha value is -1.83. The van der Waals surface area contributed by atoms with E-state index < -0.39 is 35.7 Å². The normalized spacial score (nSPS) is 21.0. The molecule has 1 amide bonds. The lowest BCUT2D eigenvalue weighted by Gasteiger charge is -2.24. The molecular formula is C13H13F2NO4S. The van der Waals surface area contributed by atoms with Gasteiger partial charge in [-0.3, -0.25) is 4.79 Å². The van der Waals surface area contributed by atoms with Gasteiger partial charge < -0.3 is 15.2 Å². The van der Waals surface area contributed by atoms with Crippen LogP contribution in [0, 0.1) is 11.6 Å². The first-order valence-corrected chi connectivity index (χ1v) is 7.28. The Morgan fingerprint density at radius 1 is 1.43 bits per heavy atom. The third kappa shape index (κ3) is 3.63. The molecule has 0 aromatic heterocycles. The van der Waals surface area contributed by atoms with E-state index in [2.05, 4.69) is 5.32 Å². The summed E-state index contributed by atoms with van der Waals surface area (Å²) in [7, 11) is 0. The molecule has 0 aliphatic carbocycles. The van der Waals surface area contributed by atoms with Crippen LogP contribution in [0.4, 0.5) is 8.78 Å². The van der Waals surface area contributed by atoms with Crippen molar-refractivity contribution in [2.45, 2.75) is 12.0 Å². The number of carbonyl (C=O) groups excluding carboxylic acids is 1. The fraction of sp³-hybridized carbons (Fsp3) is 0.385. The SMILES string of the molecule is O=C(COc1ccc(F)cc1F)N[C@@]1(C(=O)O)CCSC1. The van der Waals surface area contributed by atoms with Crippen molar-refractivity contribution in [2.75, 3.05) is 18.1 Å². The Labute approximate surface area is 123 Å². The summed E-state index contributed by atoms with van der Waals surface area (Å²) in [4.78, 5) is 23.0. The van der Waals surface area contributed by atoms with Gasteiger partial charge in [-0.1, -0.05) is 0 Å². The van der Waals surface area contributed by atoms with Crippen LogP contribution in [0.5, 0.6) is 5.75 Å². The van der Waals surface area contributed by atoms with Gasteiger partial charge in [0.2, 0.25) is 0 Å². The summed E-state index contributed by atoms with van der Waals surface area (Å²) in [5.41, 5.74) is -1.30. The third-order valence-corrected chi connectivity index (χ3v) is 4.25. The van der Waals surface area contributed by atoms with Crippen molar-refractivity contribution in [2.24, 2.45) is 0 Å². The second-order valence-electron chi connectivity index (χ2n) is 4.60. The van der Waals surface area contributed by atoms with Gasteiger partial charge in [0, 0.05) is 11.8 Å². The predicted molar refractivity (Wildman–Crippen MR) is 72.3 cm³/mol. The maximum Gasteiger partial charge on any atom is 0.330 e. The van der Waals surface area contributed by atoms with Crippen molar-refractivity contribution in [1.82, 2.24) is 5.32 Å². The topological polar surface area (TPSA) is 75.6 Å². The van der Waals surface area contributed by atoms with Crippen LogP contribution in [-0.4, -0.2) is 40.6 Å². The minimum atomic E-state index is -1.30. The summed E-state index contributed by atoms with van der Waals surface area (Å²) in [6.07, 6.45) is 0.323. The second-order valence-corrected chi connectivity index (χ2v) is 5.71. The Balaban J connectivity index is 1.94. The molecule has 1 atom stereocenters. The van der Waals surface area contributed by atoms with E-state index in [0.717, 1.165) is 12.1 Å². The molecule has 1 aliphatic rings. The highest BCUT2D eigenvalue weighted by atomic mass is 32.2. The molecule has 1 aliphatic heterocycles. The van der Waals surface area contributed by atoms with Crippen LogP contribution in [0.15, 0.2) is 18.2 Å². The van der Waals surface area contributed by atoms with Crippen molar-refractivity contribution >= 4 is 23.6 Å². The molecule has 0 bridgehead atoms. The van der Waals surface area contributed by atoms with Gasteiger partial charge in [-0.15, -0.1) is 0 Å². The Morgan fingerprint density at radius 3 is 2.76 bits per heavy atom. The number of ether oxygens (including phenoxy) is 1. The molecule has 2 N–H and O–H groups in total. The van der Waals surface area contributed by atoms with Gasteiger partial charge in [0.25, 0.3) is 5.91 Å². The van der Waals surface area contributed by atoms with Crippen LogP contribution in [0.2, 0.25) is 0 Å². The number of rotatable bonds is 5. The van der Waals surface area contributed by atoms with Gasteiger partial charge in [-0.05, 0) is 24.3 Å². The number of hydrogen-bond donors (Lipinski definition) is 2. The molecule has 1 aromatic carbocycles. The molecule has 1 saturated heterocycles. The number of carboxylic acid groups (broad SMARTS) is 1. The second kappa shape index (κ2) is 6.30. The number of aliphatic carboxylic acids is 1. The molecule has 21 heavy (non-hydrogen) atoms. The molecule has 0 saturated carbocycles. The first kappa shape index (κ1) is 15.6. The van der Waals surface area contributed by atoms with Crippen LogP contribution in [0.1, 0.15) is 6.42 Å². The fourth-order valence-electron chi connectivity index (χ4n) is 1.92. The molecule has 0 spiro atoms. The van der Waals surface area contributed by atoms with E-state index in [0.29, 0.717) is 18.2 Å². The smallest absolute Gasteiger partial charge is 0.330 e. The number of amides is 1. The van der Waals surface area contributed by atoms with Crippen molar-refractivity contribution in [3.8, 4) is 5.75 Å². The molecule has 1 aromatic rings. The number of hydrogen-bond acceptors (Lipinski definition) is 4. The van der Waals surface area contributed by atoms with Crippen molar-refractivity contribution in [3.63, 3.8) is 0 Å². The van der Waals surface area contributed by atoms with Crippen molar-refractivity contribution in [1.29, 1.82) is 0 Å². The summed E-state index contributed by atoms with van der Waals surface area (Å²) in [6, 6.07) is 2.71. The average Bonchev–Trinajstić information content (AvgIpc) is 2.87. The number of nitrogens with one attached hydrogen (secondary N) is 1. The lowest BCUT2D eigenvalue weighted by molar-refractivity contribution is -0.146. The third-order valence-electron chi connectivity index (χ3n) is 3.06. The fourth-order valence-corrected chi connectivity index (χ4v) is 3.25. The van der Waals surface area contributed by atoms with Crippen LogP contribution in [-0.2, 0) is 9.59 Å². The summed E-state index contributed by atoms with van der Waals surface area (Å²) in [6.45, 7) is -0.539. The quantitative estimate of drug-likeness (QED) is 0.859. The summed E-state index contributed by atoms with van der Waals surface area (Å²) < 4.78 is 31.0. The predicted octanol–water partition coefficient (Wildman–Crippen LogP) is 1.42. The van der Waals surface area contributed by atoms with E-state index in [4.69, 9.17) is 4.74 Å². The zero-order valence-electron chi connectivity index (χ0n) is 10.9. The van der Waals surface area contributed by atoms with E-state index in [1.807, 2.05) is 0 Å². The van der Waals surface area contributed by atoms with Gasteiger partial charge in [-0.25, -0.2) is 13.6 Å². The maximum absolute atomic E-state index is 13.3. The minimum absolute atomic E-state index is 0.267. The number of carbonyl (C=O) groups is 2. The Morgan fingerprint density at radius 2 is 2.19 bits per heavy atom. The van der Waals surface area contributed by atoms with E-state index in [1.54, 1.807) is 0 Å². The minimum Gasteiger partial charge on any atom is -0.481 e. The number of thioether (sulfide) groups is 1. The summed E-state index contributed by atoms with van der Waals surface area (Å²) in [5.74, 6) is -2.79. The van der Waals surface area contributed by atoms with Crippen LogP contribution >= 0.6 is 11.8 Å². The largest absolute Gasteiger partial charge is 0.481 e. The highest BCUT2D eigenvalue weighted by Gasteiger charge is 2.43. The summed E-state index contributed by atoms with van der Waals surface area (Å²) in [5, 5.41) is 11.6. The lowest BCUT2D eigenvalue weighted by Crippen LogP contribution is -2.55. The molecule has 5 nitrogen and oxygen atoms in total. The average molecular weight is 317 g/mol. The molecule has 1 heterocycles. The van der Waals surface area contributed by atoms with E-state index >= 15 is 0 Å². The molecule has 0 radical (unpaired) electrons. The Bertz CT molecular complexity index is 561. The monoisotopic (exact) mass is 317 g/mol. The van der Waals surface area contributed by atoms with Crippen molar-refractivity contribution < 1.29 is 28.2 Å². The van der Waals surface area contributed by atoms with Gasteiger partial charge in [0.15, 0.2) is 18.2 Å². The zero-order chi connectivity index (χ0) is 15.5. The van der Waals surface area contributed by atoms with E-state index in [1.165, 1.54) is 11.8 Å². The van der Waals surface area contributed by atoms with Crippen LogP contribution < -0.4 is 10.1 Å². The molecule has 1 fully saturated rings. The summed E-state index contributed by atoms with van der Waals surface area (Å²) >= 11 is 1.43. The van der Waals surface area contributed by atoms with Gasteiger partial charge in [0.1, 0.15) is 11.4 Å². The first-order chi connectivity index (χ1) is 9.93. The number of carboxylic acids is 1. The molecule has 0 unspecified atom stereocenters. The van der Waals surface area contributed by atoms with Crippen LogP contribution in [0.25, 0.3) is 0 Å². The van der Waals surface area contributed by atoms with Gasteiger partial charge >= 0.3 is 5.97 Å². The molecule has 8 heteroatoms. The van der Waals surface area contributed by atoms with E-state index in [-0.39, 0.29) is 11.5 Å². The Kier molecular flexibility index (Phi) is 4.66. The molecule has 114 valence electrons. The van der Waals surface area contributed by atoms with Gasteiger partial charge in [-0.2, -0.15) is 11.8 Å². The number of halogens is 2. The highest BCUT2D eigenvalue weighted by molar-refractivity contribution is 7.99. The van der Waals surface area contributed by atoms with Gasteiger partial charge in [0.05, 0.1) is 0 Å². The van der Waals surface area contributed by atoms with Crippen LogP contribution in [0.3, 0.4) is 0 Å².